The van der Waals surface area contributed by atoms with E-state index in [0.717, 1.165) is 11.3 Å². The molecule has 0 atom stereocenters. The molecule has 0 N–H and O–H groups in total. The molecular weight excluding hydrogens is 246 g/mol. The lowest BCUT2D eigenvalue weighted by atomic mass is 10.3. The molecule has 2 heterocycles. The van der Waals surface area contributed by atoms with Crippen molar-refractivity contribution in [3.05, 3.63) is 41.3 Å². The molecule has 100 valence electrons. The fourth-order valence-electron chi connectivity index (χ4n) is 1.50. The van der Waals surface area contributed by atoms with Crippen molar-refractivity contribution in [1.29, 1.82) is 0 Å². The number of hydrogen-bond acceptors (Lipinski definition) is 5. The third-order valence-electron chi connectivity index (χ3n) is 2.70. The Morgan fingerprint density at radius 1 is 1.42 bits per heavy atom. The van der Waals surface area contributed by atoms with Crippen LogP contribution in [0.3, 0.4) is 0 Å². The van der Waals surface area contributed by atoms with E-state index in [1.165, 1.54) is 0 Å². The number of aryl methyl sites for hydroxylation is 2. The van der Waals surface area contributed by atoms with Gasteiger partial charge in [-0.3, -0.25) is 4.68 Å². The number of ether oxygens (including phenoxy) is 2. The molecular formula is C13H15N3O3. The molecule has 0 fully saturated rings. The van der Waals surface area contributed by atoms with E-state index in [4.69, 9.17) is 9.47 Å². The Balaban J connectivity index is 1.96. The number of methoxy groups -OCH3 is 1. The SMILES string of the molecule is COc1ccc(COC(=O)c2cc(C)n(C)n2)cn1. The van der Waals surface area contributed by atoms with Gasteiger partial charge in [0.05, 0.1) is 7.11 Å². The fraction of sp³-hybridized carbons (Fsp3) is 0.308. The van der Waals surface area contributed by atoms with Gasteiger partial charge in [0, 0.05) is 30.6 Å². The van der Waals surface area contributed by atoms with E-state index >= 15 is 0 Å². The highest BCUT2D eigenvalue weighted by Gasteiger charge is 2.12. The van der Waals surface area contributed by atoms with Gasteiger partial charge in [0.15, 0.2) is 5.69 Å². The van der Waals surface area contributed by atoms with Gasteiger partial charge in [-0.25, -0.2) is 9.78 Å². The summed E-state index contributed by atoms with van der Waals surface area (Å²) >= 11 is 0. The Labute approximate surface area is 111 Å². The number of esters is 1. The summed E-state index contributed by atoms with van der Waals surface area (Å²) in [5.74, 6) is 0.0787. The molecule has 0 aliphatic carbocycles. The molecule has 0 radical (unpaired) electrons. The molecule has 6 nitrogen and oxygen atoms in total. The summed E-state index contributed by atoms with van der Waals surface area (Å²) in [7, 11) is 3.32. The van der Waals surface area contributed by atoms with Crippen molar-refractivity contribution in [1.82, 2.24) is 14.8 Å². The number of pyridine rings is 1. The number of rotatable bonds is 4. The van der Waals surface area contributed by atoms with Crippen LogP contribution in [0.2, 0.25) is 0 Å². The molecule has 0 saturated heterocycles. The van der Waals surface area contributed by atoms with Crippen LogP contribution in [0.25, 0.3) is 0 Å². The van der Waals surface area contributed by atoms with E-state index in [2.05, 4.69) is 10.1 Å². The zero-order chi connectivity index (χ0) is 13.8. The fourth-order valence-corrected chi connectivity index (χ4v) is 1.50. The van der Waals surface area contributed by atoms with Gasteiger partial charge in [-0.2, -0.15) is 5.10 Å². The average molecular weight is 261 g/mol. The lowest BCUT2D eigenvalue weighted by Crippen LogP contribution is -2.07. The molecule has 19 heavy (non-hydrogen) atoms. The van der Waals surface area contributed by atoms with E-state index in [0.29, 0.717) is 11.6 Å². The first-order valence-electron chi connectivity index (χ1n) is 5.77. The van der Waals surface area contributed by atoms with Crippen LogP contribution in [0.5, 0.6) is 5.88 Å². The van der Waals surface area contributed by atoms with Crippen molar-refractivity contribution in [3.63, 3.8) is 0 Å². The molecule has 0 saturated carbocycles. The van der Waals surface area contributed by atoms with Crippen LogP contribution >= 0.6 is 0 Å². The number of nitrogens with zero attached hydrogens (tertiary/aromatic N) is 3. The predicted octanol–water partition coefficient (Wildman–Crippen LogP) is 1.49. The summed E-state index contributed by atoms with van der Waals surface area (Å²) in [6.45, 7) is 2.03. The summed E-state index contributed by atoms with van der Waals surface area (Å²) in [6.07, 6.45) is 1.61. The largest absolute Gasteiger partial charge is 0.481 e. The van der Waals surface area contributed by atoms with Gasteiger partial charge in [0.2, 0.25) is 5.88 Å². The molecule has 2 aromatic heterocycles. The molecule has 0 unspecified atom stereocenters. The first-order chi connectivity index (χ1) is 9.10. The predicted molar refractivity (Wildman–Crippen MR) is 67.9 cm³/mol. The Kier molecular flexibility index (Phi) is 3.79. The van der Waals surface area contributed by atoms with Crippen LogP contribution in [0, 0.1) is 6.92 Å². The van der Waals surface area contributed by atoms with E-state index in [9.17, 15) is 4.79 Å². The molecule has 2 rings (SSSR count). The van der Waals surface area contributed by atoms with Crippen molar-refractivity contribution in [2.45, 2.75) is 13.5 Å². The summed E-state index contributed by atoms with van der Waals surface area (Å²) < 4.78 is 11.7. The van der Waals surface area contributed by atoms with Crippen molar-refractivity contribution in [2.75, 3.05) is 7.11 Å². The molecule has 0 aromatic carbocycles. The molecule has 0 aliphatic heterocycles. The lowest BCUT2D eigenvalue weighted by molar-refractivity contribution is 0.0464. The standard InChI is InChI=1S/C13H15N3O3/c1-9-6-11(15-16(9)2)13(17)19-8-10-4-5-12(18-3)14-7-10/h4-7H,8H2,1-3H3. The second-order valence-electron chi connectivity index (χ2n) is 4.08. The number of aromatic nitrogens is 3. The van der Waals surface area contributed by atoms with Crippen LogP contribution in [0.15, 0.2) is 24.4 Å². The van der Waals surface area contributed by atoms with Crippen molar-refractivity contribution in [2.24, 2.45) is 7.05 Å². The Hall–Kier alpha value is -2.37. The summed E-state index contributed by atoms with van der Waals surface area (Å²) in [5.41, 5.74) is 2.00. The molecule has 0 bridgehead atoms. The van der Waals surface area contributed by atoms with Gasteiger partial charge in [-0.05, 0) is 19.1 Å². The highest BCUT2D eigenvalue weighted by atomic mass is 16.5. The van der Waals surface area contributed by atoms with Crippen LogP contribution < -0.4 is 4.74 Å². The van der Waals surface area contributed by atoms with E-state index in [-0.39, 0.29) is 6.61 Å². The highest BCUT2D eigenvalue weighted by molar-refractivity contribution is 5.87. The number of hydrogen-bond donors (Lipinski definition) is 0. The maximum atomic E-state index is 11.8. The Morgan fingerprint density at radius 2 is 2.21 bits per heavy atom. The normalized spacial score (nSPS) is 10.3. The quantitative estimate of drug-likeness (QED) is 0.780. The van der Waals surface area contributed by atoms with Crippen LogP contribution in [0.1, 0.15) is 21.7 Å². The molecule has 0 spiro atoms. The van der Waals surface area contributed by atoms with Crippen LogP contribution in [-0.4, -0.2) is 27.8 Å². The van der Waals surface area contributed by atoms with Crippen molar-refractivity contribution in [3.8, 4) is 5.88 Å². The van der Waals surface area contributed by atoms with E-state index in [1.54, 1.807) is 43.2 Å². The first kappa shape index (κ1) is 13.1. The minimum Gasteiger partial charge on any atom is -0.481 e. The van der Waals surface area contributed by atoms with Gasteiger partial charge >= 0.3 is 5.97 Å². The minimum atomic E-state index is -0.445. The Morgan fingerprint density at radius 3 is 2.74 bits per heavy atom. The van der Waals surface area contributed by atoms with Crippen LogP contribution in [0.4, 0.5) is 0 Å². The first-order valence-corrected chi connectivity index (χ1v) is 5.77. The maximum absolute atomic E-state index is 11.8. The van der Waals surface area contributed by atoms with E-state index < -0.39 is 5.97 Å². The van der Waals surface area contributed by atoms with Gasteiger partial charge in [0.1, 0.15) is 6.61 Å². The highest BCUT2D eigenvalue weighted by Crippen LogP contribution is 2.09. The summed E-state index contributed by atoms with van der Waals surface area (Å²) in [4.78, 5) is 15.8. The molecule has 0 amide bonds. The minimum absolute atomic E-state index is 0.158. The maximum Gasteiger partial charge on any atom is 0.359 e. The second-order valence-corrected chi connectivity index (χ2v) is 4.08. The zero-order valence-electron chi connectivity index (χ0n) is 11.1. The number of carbonyl (C=O) groups is 1. The van der Waals surface area contributed by atoms with Crippen molar-refractivity contribution >= 4 is 5.97 Å². The molecule has 2 aromatic rings. The van der Waals surface area contributed by atoms with Crippen LogP contribution in [-0.2, 0) is 18.4 Å². The Bertz CT molecular complexity index is 556. The molecule has 6 heteroatoms. The summed E-state index contributed by atoms with van der Waals surface area (Å²) in [5, 5.41) is 4.06. The van der Waals surface area contributed by atoms with Gasteiger partial charge in [-0.15, -0.1) is 0 Å². The van der Waals surface area contributed by atoms with Crippen molar-refractivity contribution < 1.29 is 14.3 Å². The monoisotopic (exact) mass is 261 g/mol. The van der Waals surface area contributed by atoms with Gasteiger partial charge in [0.25, 0.3) is 0 Å². The lowest BCUT2D eigenvalue weighted by Gasteiger charge is -2.03. The zero-order valence-corrected chi connectivity index (χ0v) is 11.1. The van der Waals surface area contributed by atoms with Gasteiger partial charge < -0.3 is 9.47 Å². The van der Waals surface area contributed by atoms with Gasteiger partial charge in [-0.1, -0.05) is 0 Å². The number of carbonyl (C=O) groups excluding carboxylic acids is 1. The third kappa shape index (κ3) is 3.09. The average Bonchev–Trinajstić information content (AvgIpc) is 2.77. The third-order valence-corrected chi connectivity index (χ3v) is 2.70. The summed E-state index contributed by atoms with van der Waals surface area (Å²) in [6, 6.07) is 5.20. The topological polar surface area (TPSA) is 66.2 Å². The molecule has 0 aliphatic rings. The second kappa shape index (κ2) is 5.51. The smallest absolute Gasteiger partial charge is 0.359 e. The van der Waals surface area contributed by atoms with E-state index in [1.807, 2.05) is 6.92 Å².